The summed E-state index contributed by atoms with van der Waals surface area (Å²) in [6.45, 7) is 2.23. The van der Waals surface area contributed by atoms with E-state index >= 15 is 0 Å². The Balaban J connectivity index is 0. The molecule has 5 heteroatoms. The van der Waals surface area contributed by atoms with Gasteiger partial charge in [-0.25, -0.2) is 0 Å². The number of carbonyl (C=O) groups is 2. The van der Waals surface area contributed by atoms with Crippen molar-refractivity contribution in [1.82, 2.24) is 0 Å². The van der Waals surface area contributed by atoms with Crippen LogP contribution in [0.5, 0.6) is 0 Å². The third-order valence-corrected chi connectivity index (χ3v) is 3.94. The van der Waals surface area contributed by atoms with Crippen molar-refractivity contribution in [3.05, 3.63) is 0 Å². The molecule has 0 spiro atoms. The first-order valence-corrected chi connectivity index (χ1v) is 8.55. The first-order chi connectivity index (χ1) is 10.1. The van der Waals surface area contributed by atoms with Crippen LogP contribution >= 0.6 is 0 Å². The molecule has 0 unspecified atom stereocenters. The summed E-state index contributed by atoms with van der Waals surface area (Å²) in [5, 5.41) is 17.5. The van der Waals surface area contributed by atoms with Gasteiger partial charge in [0.15, 0.2) is 5.92 Å². The third kappa shape index (κ3) is 14.5. The van der Waals surface area contributed by atoms with E-state index in [0.29, 0.717) is 6.42 Å². The van der Waals surface area contributed by atoms with Gasteiger partial charge in [-0.05, 0) is 6.42 Å². The molecule has 0 aliphatic rings. The first kappa shape index (κ1) is 23.8. The average molecular weight is 308 g/mol. The summed E-state index contributed by atoms with van der Waals surface area (Å²) in [5.74, 6) is -3.66. The van der Waals surface area contributed by atoms with Crippen molar-refractivity contribution in [2.45, 2.75) is 90.4 Å². The van der Waals surface area contributed by atoms with Crippen molar-refractivity contribution in [3.63, 3.8) is 0 Å². The maximum atomic E-state index is 10.7. The van der Waals surface area contributed by atoms with Gasteiger partial charge in [0.2, 0.25) is 0 Å². The molecular weight excluding hydrogens is 275 g/mol. The number of carboxylic acids is 2. The number of hydrogen-bond donors (Lipinski definition) is 2. The van der Waals surface area contributed by atoms with Gasteiger partial charge in [-0.1, -0.05) is 84.0 Å². The fourth-order valence-electron chi connectivity index (χ4n) is 2.54. The summed E-state index contributed by atoms with van der Waals surface area (Å²) < 4.78 is 0. The van der Waals surface area contributed by atoms with Crippen LogP contribution in [0.15, 0.2) is 0 Å². The zero-order valence-corrected chi connectivity index (χ0v) is 13.5. The van der Waals surface area contributed by atoms with Gasteiger partial charge in [0.1, 0.15) is 0 Å². The molecule has 0 aliphatic carbocycles. The summed E-state index contributed by atoms with van der Waals surface area (Å²) in [4.78, 5) is 21.4. The molecule has 0 amide bonds. The van der Waals surface area contributed by atoms with E-state index < -0.39 is 17.9 Å². The van der Waals surface area contributed by atoms with Crippen molar-refractivity contribution in [1.29, 1.82) is 0 Å². The normalized spacial score (nSPS) is 10.5. The second-order valence-corrected chi connectivity index (χ2v) is 5.91. The molecule has 0 atom stereocenters. The molecular formula is C17H33LiO4. The molecule has 0 saturated heterocycles. The molecule has 0 bridgehead atoms. The van der Waals surface area contributed by atoms with Crippen LogP contribution < -0.4 is 0 Å². The predicted molar refractivity (Wildman–Crippen MR) is 91.6 cm³/mol. The Hall–Kier alpha value is -0.463. The Labute approximate surface area is 147 Å². The van der Waals surface area contributed by atoms with Gasteiger partial charge < -0.3 is 10.2 Å². The fraction of sp³-hybridized carbons (Fsp3) is 0.882. The molecule has 0 rings (SSSR count). The Morgan fingerprint density at radius 2 is 1.00 bits per heavy atom. The molecule has 0 fully saturated rings. The van der Waals surface area contributed by atoms with Gasteiger partial charge in [-0.15, -0.1) is 0 Å². The fourth-order valence-corrected chi connectivity index (χ4v) is 2.54. The van der Waals surface area contributed by atoms with Gasteiger partial charge >= 0.3 is 30.8 Å². The van der Waals surface area contributed by atoms with Crippen molar-refractivity contribution >= 4 is 30.8 Å². The van der Waals surface area contributed by atoms with Crippen LogP contribution in [0.4, 0.5) is 0 Å². The van der Waals surface area contributed by atoms with E-state index in [2.05, 4.69) is 6.92 Å². The van der Waals surface area contributed by atoms with Gasteiger partial charge in [-0.2, -0.15) is 0 Å². The van der Waals surface area contributed by atoms with Crippen molar-refractivity contribution in [3.8, 4) is 0 Å². The van der Waals surface area contributed by atoms with Gasteiger partial charge in [0.25, 0.3) is 0 Å². The predicted octanol–water partition coefficient (Wildman–Crippen LogP) is 4.21. The second kappa shape index (κ2) is 16.9. The van der Waals surface area contributed by atoms with Crippen LogP contribution in [0, 0.1) is 5.92 Å². The van der Waals surface area contributed by atoms with E-state index in [9.17, 15) is 9.59 Å². The Bertz CT molecular complexity index is 268. The molecule has 0 aromatic heterocycles. The SMILES string of the molecule is CCCCCCCCCCCCCCC(C(=O)O)C(=O)O.[LiH]. The van der Waals surface area contributed by atoms with Crippen molar-refractivity contribution in [2.24, 2.45) is 5.92 Å². The number of rotatable bonds is 15. The molecule has 126 valence electrons. The quantitative estimate of drug-likeness (QED) is 0.270. The van der Waals surface area contributed by atoms with Crippen LogP contribution in [0.1, 0.15) is 90.4 Å². The third-order valence-electron chi connectivity index (χ3n) is 3.94. The van der Waals surface area contributed by atoms with E-state index in [1.54, 1.807) is 0 Å². The molecule has 0 aromatic rings. The second-order valence-electron chi connectivity index (χ2n) is 5.91. The van der Waals surface area contributed by atoms with Crippen LogP contribution in [0.25, 0.3) is 0 Å². The monoisotopic (exact) mass is 308 g/mol. The number of unbranched alkanes of at least 4 members (excludes halogenated alkanes) is 11. The van der Waals surface area contributed by atoms with Gasteiger partial charge in [0.05, 0.1) is 0 Å². The molecule has 22 heavy (non-hydrogen) atoms. The average Bonchev–Trinajstić information content (AvgIpc) is 2.43. The number of hydrogen-bond acceptors (Lipinski definition) is 2. The minimum absolute atomic E-state index is 0. The number of carboxylic acid groups (broad SMARTS) is 2. The van der Waals surface area contributed by atoms with Crippen LogP contribution in [0.3, 0.4) is 0 Å². The van der Waals surface area contributed by atoms with E-state index in [-0.39, 0.29) is 25.3 Å². The summed E-state index contributed by atoms with van der Waals surface area (Å²) in [5.41, 5.74) is 0. The zero-order chi connectivity index (χ0) is 15.9. The van der Waals surface area contributed by atoms with E-state index in [4.69, 9.17) is 10.2 Å². The summed E-state index contributed by atoms with van der Waals surface area (Å²) >= 11 is 0. The minimum atomic E-state index is -1.23. The summed E-state index contributed by atoms with van der Waals surface area (Å²) in [6.07, 6.45) is 14.7. The van der Waals surface area contributed by atoms with Crippen molar-refractivity contribution in [2.75, 3.05) is 0 Å². The Morgan fingerprint density at radius 1 is 0.682 bits per heavy atom. The summed E-state index contributed by atoms with van der Waals surface area (Å²) in [7, 11) is 0. The summed E-state index contributed by atoms with van der Waals surface area (Å²) in [6, 6.07) is 0. The molecule has 0 saturated carbocycles. The number of aliphatic carboxylic acids is 2. The molecule has 4 nitrogen and oxygen atoms in total. The van der Waals surface area contributed by atoms with E-state index in [1.165, 1.54) is 57.8 Å². The van der Waals surface area contributed by atoms with Crippen LogP contribution in [-0.4, -0.2) is 41.0 Å². The zero-order valence-electron chi connectivity index (χ0n) is 13.5. The molecule has 0 heterocycles. The Kier molecular flexibility index (Phi) is 18.3. The molecule has 0 radical (unpaired) electrons. The van der Waals surface area contributed by atoms with E-state index in [0.717, 1.165) is 12.8 Å². The standard InChI is InChI=1S/C17H32O4.Li.H/c1-2-3-4-5-6-7-8-9-10-11-12-13-14-15(16(18)19)17(20)21;;/h15H,2-14H2,1H3,(H,18,19)(H,20,21);;. The molecule has 0 aromatic carbocycles. The van der Waals surface area contributed by atoms with E-state index in [1.807, 2.05) is 0 Å². The van der Waals surface area contributed by atoms with Crippen LogP contribution in [0.2, 0.25) is 0 Å². The first-order valence-electron chi connectivity index (χ1n) is 8.55. The molecule has 0 aliphatic heterocycles. The Morgan fingerprint density at radius 3 is 1.32 bits per heavy atom. The van der Waals surface area contributed by atoms with Gasteiger partial charge in [-0.3, -0.25) is 9.59 Å². The maximum absolute atomic E-state index is 10.7. The van der Waals surface area contributed by atoms with Gasteiger partial charge in [0, 0.05) is 0 Å². The molecule has 2 N–H and O–H groups in total. The topological polar surface area (TPSA) is 74.6 Å². The van der Waals surface area contributed by atoms with Crippen LogP contribution in [-0.2, 0) is 9.59 Å². The van der Waals surface area contributed by atoms with Crippen molar-refractivity contribution < 1.29 is 19.8 Å².